The van der Waals surface area contributed by atoms with Crippen molar-refractivity contribution in [1.29, 1.82) is 0 Å². The fourth-order valence-corrected chi connectivity index (χ4v) is 1.24. The second-order valence-corrected chi connectivity index (χ2v) is 4.47. The van der Waals surface area contributed by atoms with Gasteiger partial charge in [-0.1, -0.05) is 5.16 Å². The molecule has 0 spiro atoms. The quantitative estimate of drug-likeness (QED) is 0.541. The molecule has 0 saturated heterocycles. The van der Waals surface area contributed by atoms with Gasteiger partial charge in [0.1, 0.15) is 11.3 Å². The third kappa shape index (κ3) is 3.55. The Labute approximate surface area is 82.4 Å². The van der Waals surface area contributed by atoms with Gasteiger partial charge in [-0.3, -0.25) is 0 Å². The van der Waals surface area contributed by atoms with E-state index in [1.54, 1.807) is 16.8 Å². The summed E-state index contributed by atoms with van der Waals surface area (Å²) in [5.74, 6) is 0. The van der Waals surface area contributed by atoms with Crippen LogP contribution in [0, 0.1) is 0 Å². The number of thiazole rings is 1. The van der Waals surface area contributed by atoms with Crippen molar-refractivity contribution in [3.63, 3.8) is 0 Å². The topological polar surface area (TPSA) is 34.5 Å². The van der Waals surface area contributed by atoms with E-state index in [1.807, 2.05) is 33.1 Å². The standard InChI is InChI=1S/C9H14N2OS/c1-7(8-5-13-6-10-8)11-12-9(2,3)4/h5-6H,1-4H3. The van der Waals surface area contributed by atoms with E-state index in [4.69, 9.17) is 4.84 Å². The van der Waals surface area contributed by atoms with Crippen LogP contribution in [-0.4, -0.2) is 16.3 Å². The molecule has 0 radical (unpaired) electrons. The molecule has 0 fully saturated rings. The summed E-state index contributed by atoms with van der Waals surface area (Å²) < 4.78 is 0. The Balaban J connectivity index is 2.63. The molecule has 0 atom stereocenters. The first-order chi connectivity index (χ1) is 5.99. The SMILES string of the molecule is CC(=NOC(C)(C)C)c1cscn1. The molecule has 1 heterocycles. The molecular weight excluding hydrogens is 184 g/mol. The number of nitrogens with zero attached hydrogens (tertiary/aromatic N) is 2. The van der Waals surface area contributed by atoms with Crippen molar-refractivity contribution in [2.45, 2.75) is 33.3 Å². The minimum absolute atomic E-state index is 0.239. The Bertz CT molecular complexity index is 285. The molecule has 4 heteroatoms. The number of aromatic nitrogens is 1. The van der Waals surface area contributed by atoms with E-state index >= 15 is 0 Å². The second-order valence-electron chi connectivity index (χ2n) is 3.75. The Kier molecular flexibility index (Phi) is 3.03. The van der Waals surface area contributed by atoms with Gasteiger partial charge in [0.05, 0.1) is 11.2 Å². The Hall–Kier alpha value is -0.900. The molecular formula is C9H14N2OS. The monoisotopic (exact) mass is 198 g/mol. The van der Waals surface area contributed by atoms with E-state index in [1.165, 1.54) is 0 Å². The molecule has 3 nitrogen and oxygen atoms in total. The maximum atomic E-state index is 5.27. The fourth-order valence-electron chi connectivity index (χ4n) is 0.643. The lowest BCUT2D eigenvalue weighted by atomic mass is 10.2. The van der Waals surface area contributed by atoms with Gasteiger partial charge in [-0.15, -0.1) is 11.3 Å². The minimum atomic E-state index is -0.239. The molecule has 1 aromatic heterocycles. The van der Waals surface area contributed by atoms with E-state index in [-0.39, 0.29) is 5.60 Å². The highest BCUT2D eigenvalue weighted by molar-refractivity contribution is 7.07. The molecule has 0 aliphatic heterocycles. The molecule has 1 rings (SSSR count). The predicted molar refractivity (Wildman–Crippen MR) is 55.2 cm³/mol. The lowest BCUT2D eigenvalue weighted by molar-refractivity contribution is 0.000926. The van der Waals surface area contributed by atoms with Crippen molar-refractivity contribution < 1.29 is 4.84 Å². The lowest BCUT2D eigenvalue weighted by Gasteiger charge is -2.15. The second kappa shape index (κ2) is 3.87. The van der Waals surface area contributed by atoms with Gasteiger partial charge in [-0.25, -0.2) is 4.98 Å². The molecule has 0 bridgehead atoms. The molecule has 0 aliphatic rings. The highest BCUT2D eigenvalue weighted by Crippen LogP contribution is 2.09. The first-order valence-electron chi connectivity index (χ1n) is 4.10. The molecule has 0 aromatic carbocycles. The molecule has 0 amide bonds. The zero-order chi connectivity index (χ0) is 9.90. The van der Waals surface area contributed by atoms with Crippen LogP contribution in [0.3, 0.4) is 0 Å². The summed E-state index contributed by atoms with van der Waals surface area (Å²) in [5.41, 5.74) is 3.24. The Morgan fingerprint density at radius 3 is 2.69 bits per heavy atom. The molecule has 0 aliphatic carbocycles. The van der Waals surface area contributed by atoms with Crippen LogP contribution < -0.4 is 0 Å². The predicted octanol–water partition coefficient (Wildman–Crippen LogP) is 2.68. The van der Waals surface area contributed by atoms with Crippen molar-refractivity contribution in [1.82, 2.24) is 4.98 Å². The Morgan fingerprint density at radius 1 is 1.54 bits per heavy atom. The Morgan fingerprint density at radius 2 is 2.23 bits per heavy atom. The van der Waals surface area contributed by atoms with Crippen LogP contribution in [0.4, 0.5) is 0 Å². The van der Waals surface area contributed by atoms with Crippen molar-refractivity contribution in [3.8, 4) is 0 Å². The summed E-state index contributed by atoms with van der Waals surface area (Å²) in [6.07, 6.45) is 0. The third-order valence-electron chi connectivity index (χ3n) is 1.26. The van der Waals surface area contributed by atoms with Gasteiger partial charge in [-0.2, -0.15) is 0 Å². The van der Waals surface area contributed by atoms with Gasteiger partial charge in [0.2, 0.25) is 0 Å². The highest BCUT2D eigenvalue weighted by atomic mass is 32.1. The molecule has 0 saturated carbocycles. The zero-order valence-electron chi connectivity index (χ0n) is 8.37. The van der Waals surface area contributed by atoms with Crippen LogP contribution >= 0.6 is 11.3 Å². The smallest absolute Gasteiger partial charge is 0.129 e. The van der Waals surface area contributed by atoms with Gasteiger partial charge >= 0.3 is 0 Å². The summed E-state index contributed by atoms with van der Waals surface area (Å²) in [6, 6.07) is 0. The van der Waals surface area contributed by atoms with Crippen LogP contribution in [0.2, 0.25) is 0 Å². The summed E-state index contributed by atoms with van der Waals surface area (Å²) in [6.45, 7) is 7.78. The summed E-state index contributed by atoms with van der Waals surface area (Å²) >= 11 is 1.55. The molecule has 72 valence electrons. The van der Waals surface area contributed by atoms with Crippen LogP contribution in [0.1, 0.15) is 33.4 Å². The van der Waals surface area contributed by atoms with Gasteiger partial charge in [0, 0.05) is 5.38 Å². The third-order valence-corrected chi connectivity index (χ3v) is 1.85. The summed E-state index contributed by atoms with van der Waals surface area (Å²) in [5, 5.41) is 5.95. The van der Waals surface area contributed by atoms with Gasteiger partial charge < -0.3 is 4.84 Å². The van der Waals surface area contributed by atoms with Crippen molar-refractivity contribution in [2.75, 3.05) is 0 Å². The molecule has 13 heavy (non-hydrogen) atoms. The van der Waals surface area contributed by atoms with Gasteiger partial charge in [0.15, 0.2) is 0 Å². The van der Waals surface area contributed by atoms with E-state index in [0.717, 1.165) is 11.4 Å². The van der Waals surface area contributed by atoms with Gasteiger partial charge in [0.25, 0.3) is 0 Å². The van der Waals surface area contributed by atoms with Crippen LogP contribution in [-0.2, 0) is 4.84 Å². The number of hydrogen-bond acceptors (Lipinski definition) is 4. The molecule has 0 unspecified atom stereocenters. The summed E-state index contributed by atoms with van der Waals surface area (Å²) in [7, 11) is 0. The van der Waals surface area contributed by atoms with E-state index in [0.29, 0.717) is 0 Å². The van der Waals surface area contributed by atoms with Crippen LogP contribution in [0.25, 0.3) is 0 Å². The van der Waals surface area contributed by atoms with E-state index in [9.17, 15) is 0 Å². The summed E-state index contributed by atoms with van der Waals surface area (Å²) in [4.78, 5) is 9.39. The van der Waals surface area contributed by atoms with Crippen molar-refractivity contribution >= 4 is 17.0 Å². The van der Waals surface area contributed by atoms with Crippen LogP contribution in [0.15, 0.2) is 16.0 Å². The van der Waals surface area contributed by atoms with E-state index < -0.39 is 0 Å². The number of hydrogen-bond donors (Lipinski definition) is 0. The molecule has 0 N–H and O–H groups in total. The molecule has 1 aromatic rings. The number of rotatable bonds is 2. The minimum Gasteiger partial charge on any atom is -0.390 e. The average molecular weight is 198 g/mol. The largest absolute Gasteiger partial charge is 0.390 e. The first kappa shape index (κ1) is 10.2. The highest BCUT2D eigenvalue weighted by Gasteiger charge is 2.10. The maximum Gasteiger partial charge on any atom is 0.129 e. The first-order valence-corrected chi connectivity index (χ1v) is 5.04. The average Bonchev–Trinajstić information content (AvgIpc) is 2.50. The van der Waals surface area contributed by atoms with Crippen LogP contribution in [0.5, 0.6) is 0 Å². The lowest BCUT2D eigenvalue weighted by Crippen LogP contribution is -2.16. The normalized spacial score (nSPS) is 13.1. The van der Waals surface area contributed by atoms with Gasteiger partial charge in [-0.05, 0) is 27.7 Å². The van der Waals surface area contributed by atoms with Crippen molar-refractivity contribution in [3.05, 3.63) is 16.6 Å². The zero-order valence-corrected chi connectivity index (χ0v) is 9.18. The van der Waals surface area contributed by atoms with Crippen molar-refractivity contribution in [2.24, 2.45) is 5.16 Å². The maximum absolute atomic E-state index is 5.27. The fraction of sp³-hybridized carbons (Fsp3) is 0.556. The number of oxime groups is 1. The van der Waals surface area contributed by atoms with E-state index in [2.05, 4.69) is 10.1 Å².